The van der Waals surface area contributed by atoms with E-state index in [1.54, 1.807) is 19.4 Å². The van der Waals surface area contributed by atoms with Crippen LogP contribution in [0.4, 0.5) is 0 Å². The molecule has 0 radical (unpaired) electrons. The molecule has 0 saturated carbocycles. The van der Waals surface area contributed by atoms with Crippen LogP contribution in [-0.4, -0.2) is 17.1 Å². The number of benzene rings is 1. The zero-order valence-corrected chi connectivity index (χ0v) is 11.1. The molecular weight excluding hydrogens is 260 g/mol. The van der Waals surface area contributed by atoms with Crippen molar-refractivity contribution in [3.8, 4) is 17.0 Å². The molecule has 19 heavy (non-hydrogen) atoms. The van der Waals surface area contributed by atoms with Gasteiger partial charge < -0.3 is 4.74 Å². The van der Waals surface area contributed by atoms with E-state index < -0.39 is 0 Å². The Morgan fingerprint density at radius 2 is 1.89 bits per heavy atom. The molecule has 0 fully saturated rings. The summed E-state index contributed by atoms with van der Waals surface area (Å²) in [5.41, 5.74) is 2.66. The summed E-state index contributed by atoms with van der Waals surface area (Å²) in [5.74, 6) is 0.813. The first-order valence-corrected chi connectivity index (χ1v) is 6.21. The predicted molar refractivity (Wildman–Crippen MR) is 76.5 cm³/mol. The lowest BCUT2D eigenvalue weighted by Crippen LogP contribution is -1.89. The normalized spacial score (nSPS) is 10.6. The van der Waals surface area contributed by atoms with Gasteiger partial charge in [0.25, 0.3) is 0 Å². The van der Waals surface area contributed by atoms with E-state index in [0.717, 1.165) is 27.9 Å². The van der Waals surface area contributed by atoms with Crippen molar-refractivity contribution in [2.45, 2.75) is 0 Å². The Bertz CT molecular complexity index is 726. The maximum Gasteiger partial charge on any atom is 0.131 e. The predicted octanol–water partition coefficient (Wildman–Crippen LogP) is 3.96. The van der Waals surface area contributed by atoms with Gasteiger partial charge in [-0.05, 0) is 36.4 Å². The molecule has 2 heterocycles. The second-order valence-electron chi connectivity index (χ2n) is 4.09. The van der Waals surface area contributed by atoms with Crippen molar-refractivity contribution in [3.05, 3.63) is 53.8 Å². The lowest BCUT2D eigenvalue weighted by atomic mass is 10.1. The SMILES string of the molecule is COc1ccc(-c2nc(Cl)cc3ncccc23)cc1. The Morgan fingerprint density at radius 1 is 1.11 bits per heavy atom. The Kier molecular flexibility index (Phi) is 3.05. The summed E-state index contributed by atoms with van der Waals surface area (Å²) in [6, 6.07) is 13.4. The fourth-order valence-electron chi connectivity index (χ4n) is 2.01. The van der Waals surface area contributed by atoms with Gasteiger partial charge in [0.05, 0.1) is 18.3 Å². The molecule has 2 aromatic heterocycles. The van der Waals surface area contributed by atoms with Crippen molar-refractivity contribution in [2.24, 2.45) is 0 Å². The molecule has 0 N–H and O–H groups in total. The van der Waals surface area contributed by atoms with E-state index in [2.05, 4.69) is 9.97 Å². The van der Waals surface area contributed by atoms with Crippen LogP contribution in [0.3, 0.4) is 0 Å². The van der Waals surface area contributed by atoms with Crippen molar-refractivity contribution in [3.63, 3.8) is 0 Å². The molecule has 0 amide bonds. The van der Waals surface area contributed by atoms with Crippen LogP contribution >= 0.6 is 11.6 Å². The van der Waals surface area contributed by atoms with E-state index >= 15 is 0 Å². The fourth-order valence-corrected chi connectivity index (χ4v) is 2.20. The van der Waals surface area contributed by atoms with E-state index in [1.807, 2.05) is 36.4 Å². The summed E-state index contributed by atoms with van der Waals surface area (Å²) in [5, 5.41) is 1.43. The van der Waals surface area contributed by atoms with Crippen LogP contribution in [0.5, 0.6) is 5.75 Å². The number of methoxy groups -OCH3 is 1. The first kappa shape index (κ1) is 11.9. The van der Waals surface area contributed by atoms with Gasteiger partial charge >= 0.3 is 0 Å². The minimum atomic E-state index is 0.442. The summed E-state index contributed by atoms with van der Waals surface area (Å²) >= 11 is 6.06. The third-order valence-electron chi connectivity index (χ3n) is 2.93. The molecule has 4 heteroatoms. The van der Waals surface area contributed by atoms with Gasteiger partial charge in [0.15, 0.2) is 0 Å². The van der Waals surface area contributed by atoms with Crippen molar-refractivity contribution >= 4 is 22.5 Å². The highest BCUT2D eigenvalue weighted by molar-refractivity contribution is 6.30. The Balaban J connectivity index is 2.22. The largest absolute Gasteiger partial charge is 0.497 e. The van der Waals surface area contributed by atoms with Crippen LogP contribution in [0.1, 0.15) is 0 Å². The maximum absolute atomic E-state index is 6.06. The number of hydrogen-bond donors (Lipinski definition) is 0. The lowest BCUT2D eigenvalue weighted by molar-refractivity contribution is 0.415. The number of pyridine rings is 2. The lowest BCUT2D eigenvalue weighted by Gasteiger charge is -2.07. The average Bonchev–Trinajstić information content (AvgIpc) is 2.46. The van der Waals surface area contributed by atoms with Crippen LogP contribution in [0.25, 0.3) is 22.2 Å². The molecule has 0 aliphatic carbocycles. The summed E-state index contributed by atoms with van der Waals surface area (Å²) in [6.45, 7) is 0. The van der Waals surface area contributed by atoms with Crippen molar-refractivity contribution < 1.29 is 4.74 Å². The minimum absolute atomic E-state index is 0.442. The molecule has 1 aromatic carbocycles. The second kappa shape index (κ2) is 4.86. The molecule has 3 rings (SSSR count). The molecule has 0 aliphatic heterocycles. The molecule has 3 aromatic rings. The van der Waals surface area contributed by atoms with E-state index in [0.29, 0.717) is 5.15 Å². The van der Waals surface area contributed by atoms with Gasteiger partial charge in [-0.2, -0.15) is 0 Å². The van der Waals surface area contributed by atoms with Crippen LogP contribution in [0.2, 0.25) is 5.15 Å². The van der Waals surface area contributed by atoms with Crippen molar-refractivity contribution in [1.29, 1.82) is 0 Å². The van der Waals surface area contributed by atoms with E-state index in [-0.39, 0.29) is 0 Å². The number of halogens is 1. The molecule has 0 atom stereocenters. The van der Waals surface area contributed by atoms with Crippen LogP contribution < -0.4 is 4.74 Å². The highest BCUT2D eigenvalue weighted by atomic mass is 35.5. The van der Waals surface area contributed by atoms with Gasteiger partial charge in [-0.15, -0.1) is 0 Å². The number of rotatable bonds is 2. The van der Waals surface area contributed by atoms with Gasteiger partial charge in [0.1, 0.15) is 10.9 Å². The van der Waals surface area contributed by atoms with E-state index in [1.165, 1.54) is 0 Å². The van der Waals surface area contributed by atoms with Gasteiger partial charge in [0.2, 0.25) is 0 Å². The molecule has 3 nitrogen and oxygen atoms in total. The number of aromatic nitrogens is 2. The summed E-state index contributed by atoms with van der Waals surface area (Å²) < 4.78 is 5.16. The van der Waals surface area contributed by atoms with Crippen molar-refractivity contribution in [2.75, 3.05) is 7.11 Å². The smallest absolute Gasteiger partial charge is 0.131 e. The monoisotopic (exact) mass is 270 g/mol. The van der Waals surface area contributed by atoms with Gasteiger partial charge in [-0.3, -0.25) is 4.98 Å². The Labute approximate surface area is 115 Å². The highest BCUT2D eigenvalue weighted by Gasteiger charge is 2.08. The quantitative estimate of drug-likeness (QED) is 0.661. The number of ether oxygens (including phenoxy) is 1. The summed E-state index contributed by atoms with van der Waals surface area (Å²) in [6.07, 6.45) is 1.75. The average molecular weight is 271 g/mol. The van der Waals surface area contributed by atoms with E-state index in [4.69, 9.17) is 16.3 Å². The third kappa shape index (κ3) is 2.25. The topological polar surface area (TPSA) is 35.0 Å². The standard InChI is InChI=1S/C15H11ClN2O/c1-19-11-6-4-10(5-7-11)15-12-3-2-8-17-13(12)9-14(16)18-15/h2-9H,1H3. The van der Waals surface area contributed by atoms with Gasteiger partial charge in [-0.1, -0.05) is 11.6 Å². The first-order valence-electron chi connectivity index (χ1n) is 5.83. The molecule has 0 bridgehead atoms. The Hall–Kier alpha value is -2.13. The van der Waals surface area contributed by atoms with Gasteiger partial charge in [0, 0.05) is 23.2 Å². The molecule has 0 saturated heterocycles. The van der Waals surface area contributed by atoms with Crippen LogP contribution in [0, 0.1) is 0 Å². The fraction of sp³-hybridized carbons (Fsp3) is 0.0667. The van der Waals surface area contributed by atoms with Gasteiger partial charge in [-0.25, -0.2) is 4.98 Å². The Morgan fingerprint density at radius 3 is 2.63 bits per heavy atom. The molecule has 0 spiro atoms. The summed E-state index contributed by atoms with van der Waals surface area (Å²) in [4.78, 5) is 8.72. The second-order valence-corrected chi connectivity index (χ2v) is 4.48. The molecule has 0 unspecified atom stereocenters. The first-order chi connectivity index (χ1) is 9.28. The third-order valence-corrected chi connectivity index (χ3v) is 3.13. The highest BCUT2D eigenvalue weighted by Crippen LogP contribution is 2.29. The van der Waals surface area contributed by atoms with Crippen LogP contribution in [0.15, 0.2) is 48.7 Å². The zero-order chi connectivity index (χ0) is 13.2. The molecule has 94 valence electrons. The van der Waals surface area contributed by atoms with Crippen LogP contribution in [-0.2, 0) is 0 Å². The van der Waals surface area contributed by atoms with E-state index in [9.17, 15) is 0 Å². The zero-order valence-electron chi connectivity index (χ0n) is 10.3. The molecule has 0 aliphatic rings. The number of fused-ring (bicyclic) bond motifs is 1. The maximum atomic E-state index is 6.06. The summed E-state index contributed by atoms with van der Waals surface area (Å²) in [7, 11) is 1.64. The minimum Gasteiger partial charge on any atom is -0.497 e. The number of nitrogens with zero attached hydrogens (tertiary/aromatic N) is 2. The molecular formula is C15H11ClN2O. The number of hydrogen-bond acceptors (Lipinski definition) is 3. The van der Waals surface area contributed by atoms with Crippen molar-refractivity contribution in [1.82, 2.24) is 9.97 Å².